The van der Waals surface area contributed by atoms with Crippen molar-refractivity contribution in [1.82, 2.24) is 5.32 Å². The minimum Gasteiger partial charge on any atom is -0.380 e. The van der Waals surface area contributed by atoms with Crippen LogP contribution in [0.1, 0.15) is 34.1 Å². The Kier molecular flexibility index (Phi) is 9.35. The highest BCUT2D eigenvalue weighted by Crippen LogP contribution is 1.90. The molecule has 3 heteroatoms. The van der Waals surface area contributed by atoms with Gasteiger partial charge in [-0.05, 0) is 40.7 Å². The Bertz CT molecular complexity index is 118. The molecule has 0 aliphatic heterocycles. The fraction of sp³-hybridized carbons (Fsp3) is 1.00. The second-order valence-corrected chi connectivity index (χ2v) is 3.79. The highest BCUT2D eigenvalue weighted by molar-refractivity contribution is 4.58. The number of hydrogen-bond donors (Lipinski definition) is 1. The number of ether oxygens (including phenoxy) is 2. The lowest BCUT2D eigenvalue weighted by molar-refractivity contribution is 0.0753. The van der Waals surface area contributed by atoms with E-state index in [1.165, 1.54) is 0 Å². The van der Waals surface area contributed by atoms with E-state index >= 15 is 0 Å². The van der Waals surface area contributed by atoms with Crippen molar-refractivity contribution in [3.8, 4) is 0 Å². The number of nitrogens with one attached hydrogen (secondary N) is 1. The molecule has 0 aliphatic rings. The zero-order valence-electron chi connectivity index (χ0n) is 10.0. The highest BCUT2D eigenvalue weighted by atomic mass is 16.5. The van der Waals surface area contributed by atoms with Crippen LogP contribution in [0.2, 0.25) is 0 Å². The van der Waals surface area contributed by atoms with Crippen LogP contribution in [0.4, 0.5) is 0 Å². The van der Waals surface area contributed by atoms with Crippen molar-refractivity contribution in [3.63, 3.8) is 0 Å². The van der Waals surface area contributed by atoms with Gasteiger partial charge in [-0.2, -0.15) is 0 Å². The predicted octanol–water partition coefficient (Wildman–Crippen LogP) is 1.82. The van der Waals surface area contributed by atoms with E-state index in [0.29, 0.717) is 12.1 Å². The first kappa shape index (κ1) is 13.9. The molecule has 1 N–H and O–H groups in total. The molecule has 0 spiro atoms. The third kappa shape index (κ3) is 9.96. The Hall–Kier alpha value is -0.120. The fourth-order valence-corrected chi connectivity index (χ4v) is 1.09. The van der Waals surface area contributed by atoms with Gasteiger partial charge in [0.15, 0.2) is 0 Å². The summed E-state index contributed by atoms with van der Waals surface area (Å²) < 4.78 is 10.7. The molecule has 0 aromatic carbocycles. The van der Waals surface area contributed by atoms with Crippen LogP contribution in [0.25, 0.3) is 0 Å². The summed E-state index contributed by atoms with van der Waals surface area (Å²) in [5.74, 6) is 0. The van der Waals surface area contributed by atoms with Gasteiger partial charge >= 0.3 is 0 Å². The quantitative estimate of drug-likeness (QED) is 0.580. The molecule has 3 nitrogen and oxygen atoms in total. The molecule has 14 heavy (non-hydrogen) atoms. The molecule has 1 unspecified atom stereocenters. The lowest BCUT2D eigenvalue weighted by Gasteiger charge is -2.13. The molecule has 0 aromatic rings. The Morgan fingerprint density at radius 2 is 1.93 bits per heavy atom. The summed E-state index contributed by atoms with van der Waals surface area (Å²) in [7, 11) is 0. The summed E-state index contributed by atoms with van der Waals surface area (Å²) in [4.78, 5) is 0. The molecule has 0 aliphatic carbocycles. The number of rotatable bonds is 9. The summed E-state index contributed by atoms with van der Waals surface area (Å²) in [5, 5.41) is 3.39. The largest absolute Gasteiger partial charge is 0.380 e. The Balaban J connectivity index is 3.10. The average Bonchev–Trinajstić information content (AvgIpc) is 2.13. The molecule has 1 atom stereocenters. The van der Waals surface area contributed by atoms with Gasteiger partial charge in [0.1, 0.15) is 0 Å². The summed E-state index contributed by atoms with van der Waals surface area (Å²) >= 11 is 0. The van der Waals surface area contributed by atoms with Crippen LogP contribution in [0.5, 0.6) is 0 Å². The minimum atomic E-state index is 0.343. The van der Waals surface area contributed by atoms with Gasteiger partial charge in [-0.3, -0.25) is 0 Å². The van der Waals surface area contributed by atoms with E-state index in [9.17, 15) is 0 Å². The molecule has 0 fully saturated rings. The van der Waals surface area contributed by atoms with Crippen LogP contribution in [-0.4, -0.2) is 38.5 Å². The van der Waals surface area contributed by atoms with E-state index in [4.69, 9.17) is 9.47 Å². The molecule has 0 heterocycles. The van der Waals surface area contributed by atoms with E-state index in [0.717, 1.165) is 32.8 Å². The van der Waals surface area contributed by atoms with Gasteiger partial charge in [0.2, 0.25) is 0 Å². The monoisotopic (exact) mass is 203 g/mol. The Labute approximate surface area is 88.2 Å². The average molecular weight is 203 g/mol. The first-order chi connectivity index (χ1) is 6.66. The zero-order valence-corrected chi connectivity index (χ0v) is 10.0. The van der Waals surface area contributed by atoms with Crippen LogP contribution in [0, 0.1) is 0 Å². The molecule has 0 saturated heterocycles. The van der Waals surface area contributed by atoms with Crippen molar-refractivity contribution in [2.45, 2.75) is 46.3 Å². The van der Waals surface area contributed by atoms with E-state index in [2.05, 4.69) is 26.1 Å². The number of hydrogen-bond acceptors (Lipinski definition) is 3. The third-order valence-electron chi connectivity index (χ3n) is 1.84. The Morgan fingerprint density at radius 1 is 1.21 bits per heavy atom. The maximum absolute atomic E-state index is 5.43. The summed E-state index contributed by atoms with van der Waals surface area (Å²) in [6.07, 6.45) is 1.41. The molecule has 0 aromatic heterocycles. The summed E-state index contributed by atoms with van der Waals surface area (Å²) in [6, 6.07) is 0.439. The molecule has 0 amide bonds. The van der Waals surface area contributed by atoms with E-state index in [-0.39, 0.29) is 0 Å². The molecule has 0 saturated carbocycles. The summed E-state index contributed by atoms with van der Waals surface area (Å²) in [5.41, 5.74) is 0. The Morgan fingerprint density at radius 3 is 2.50 bits per heavy atom. The molecule has 0 rings (SSSR count). The van der Waals surface area contributed by atoms with E-state index in [1.807, 2.05) is 6.92 Å². The lowest BCUT2D eigenvalue weighted by atomic mass is 10.3. The van der Waals surface area contributed by atoms with Gasteiger partial charge < -0.3 is 14.8 Å². The molecule has 86 valence electrons. The standard InChI is InChI=1S/C11H25NO2/c1-5-13-9-11(4)12-7-6-8-14-10(2)3/h10-12H,5-9H2,1-4H3. The van der Waals surface area contributed by atoms with E-state index in [1.54, 1.807) is 0 Å². The first-order valence-electron chi connectivity index (χ1n) is 5.59. The van der Waals surface area contributed by atoms with Crippen LogP contribution < -0.4 is 5.32 Å². The zero-order chi connectivity index (χ0) is 10.8. The van der Waals surface area contributed by atoms with Crippen molar-refractivity contribution >= 4 is 0 Å². The van der Waals surface area contributed by atoms with Crippen molar-refractivity contribution in [1.29, 1.82) is 0 Å². The SMILES string of the molecule is CCOCC(C)NCCCOC(C)C. The minimum absolute atomic E-state index is 0.343. The van der Waals surface area contributed by atoms with Crippen molar-refractivity contribution in [3.05, 3.63) is 0 Å². The fourth-order valence-electron chi connectivity index (χ4n) is 1.09. The smallest absolute Gasteiger partial charge is 0.0616 e. The predicted molar refractivity (Wildman–Crippen MR) is 59.7 cm³/mol. The molecule has 0 radical (unpaired) electrons. The maximum atomic E-state index is 5.43. The van der Waals surface area contributed by atoms with Crippen LogP contribution in [0.3, 0.4) is 0 Å². The normalized spacial score (nSPS) is 13.5. The van der Waals surface area contributed by atoms with Gasteiger partial charge in [0.25, 0.3) is 0 Å². The van der Waals surface area contributed by atoms with Crippen LogP contribution in [0.15, 0.2) is 0 Å². The topological polar surface area (TPSA) is 30.5 Å². The molecular weight excluding hydrogens is 178 g/mol. The van der Waals surface area contributed by atoms with Crippen molar-refractivity contribution < 1.29 is 9.47 Å². The van der Waals surface area contributed by atoms with Crippen molar-refractivity contribution in [2.24, 2.45) is 0 Å². The van der Waals surface area contributed by atoms with Crippen LogP contribution in [-0.2, 0) is 9.47 Å². The van der Waals surface area contributed by atoms with Crippen molar-refractivity contribution in [2.75, 3.05) is 26.4 Å². The van der Waals surface area contributed by atoms with Gasteiger partial charge in [0, 0.05) is 19.3 Å². The molecule has 0 bridgehead atoms. The van der Waals surface area contributed by atoms with E-state index < -0.39 is 0 Å². The maximum Gasteiger partial charge on any atom is 0.0616 e. The van der Waals surface area contributed by atoms with Gasteiger partial charge in [-0.1, -0.05) is 0 Å². The first-order valence-corrected chi connectivity index (χ1v) is 5.59. The second-order valence-electron chi connectivity index (χ2n) is 3.79. The second kappa shape index (κ2) is 9.44. The lowest BCUT2D eigenvalue weighted by Crippen LogP contribution is -2.31. The van der Waals surface area contributed by atoms with Gasteiger partial charge in [-0.15, -0.1) is 0 Å². The highest BCUT2D eigenvalue weighted by Gasteiger charge is 1.99. The third-order valence-corrected chi connectivity index (χ3v) is 1.84. The van der Waals surface area contributed by atoms with Gasteiger partial charge in [0.05, 0.1) is 12.7 Å². The van der Waals surface area contributed by atoms with Crippen LogP contribution >= 0.6 is 0 Å². The molecular formula is C11H25NO2. The summed E-state index contributed by atoms with van der Waals surface area (Å²) in [6.45, 7) is 11.7. The van der Waals surface area contributed by atoms with Gasteiger partial charge in [-0.25, -0.2) is 0 Å².